The van der Waals surface area contributed by atoms with E-state index in [1.54, 1.807) is 12.4 Å². The first-order valence-corrected chi connectivity index (χ1v) is 12.6. The van der Waals surface area contributed by atoms with E-state index in [1.165, 1.54) is 6.07 Å². The number of nitrogens with one attached hydrogen (secondary N) is 1. The van der Waals surface area contributed by atoms with Crippen molar-refractivity contribution in [2.75, 3.05) is 69.7 Å². The number of hydrogen-bond donors (Lipinski definition) is 1. The Labute approximate surface area is 215 Å². The van der Waals surface area contributed by atoms with Crippen molar-refractivity contribution >= 4 is 17.5 Å². The highest BCUT2D eigenvalue weighted by atomic mass is 19.1. The number of pyridine rings is 1. The van der Waals surface area contributed by atoms with Crippen molar-refractivity contribution in [3.8, 4) is 6.07 Å². The highest BCUT2D eigenvalue weighted by Crippen LogP contribution is 2.26. The zero-order valence-corrected chi connectivity index (χ0v) is 22.3. The molecule has 2 aliphatic heterocycles. The first-order valence-electron chi connectivity index (χ1n) is 12.6. The molecule has 0 unspecified atom stereocenters. The minimum atomic E-state index is -0.473. The summed E-state index contributed by atoms with van der Waals surface area (Å²) in [7, 11) is 3.93. The summed E-state index contributed by atoms with van der Waals surface area (Å²) in [6, 6.07) is 3.45. The Hall–Kier alpha value is -3.38. The molecule has 0 bridgehead atoms. The Balaban J connectivity index is 1.81. The van der Waals surface area contributed by atoms with Gasteiger partial charge in [-0.3, -0.25) is 0 Å². The van der Waals surface area contributed by atoms with Crippen molar-refractivity contribution < 1.29 is 4.39 Å². The van der Waals surface area contributed by atoms with Crippen molar-refractivity contribution in [2.45, 2.75) is 27.2 Å². The summed E-state index contributed by atoms with van der Waals surface area (Å²) in [5, 5.41) is 12.7. The minimum absolute atomic E-state index is 0.272. The van der Waals surface area contributed by atoms with Crippen molar-refractivity contribution in [1.29, 1.82) is 5.26 Å². The molecule has 1 aromatic rings. The van der Waals surface area contributed by atoms with Crippen molar-refractivity contribution in [2.24, 2.45) is 10.9 Å². The molecule has 2 aliphatic rings. The highest BCUT2D eigenvalue weighted by molar-refractivity contribution is 6.04. The Kier molecular flexibility index (Phi) is 9.48. The lowest BCUT2D eigenvalue weighted by molar-refractivity contribution is 0.312. The molecule has 0 aliphatic carbocycles. The van der Waals surface area contributed by atoms with Crippen LogP contribution in [0.25, 0.3) is 0 Å². The van der Waals surface area contributed by atoms with Crippen molar-refractivity contribution in [3.63, 3.8) is 0 Å². The van der Waals surface area contributed by atoms with Crippen LogP contribution in [0.4, 0.5) is 16.0 Å². The zero-order chi connectivity index (χ0) is 26.2. The number of anilines is 2. The van der Waals surface area contributed by atoms with Gasteiger partial charge in [-0.2, -0.15) is 5.26 Å². The van der Waals surface area contributed by atoms with Crippen LogP contribution in [0.2, 0.25) is 0 Å². The summed E-state index contributed by atoms with van der Waals surface area (Å²) in [4.78, 5) is 17.5. The molecule has 1 fully saturated rings. The first-order chi connectivity index (χ1) is 17.2. The van der Waals surface area contributed by atoms with Gasteiger partial charge in [0.05, 0.1) is 5.56 Å². The van der Waals surface area contributed by atoms with Gasteiger partial charge in [-0.25, -0.2) is 14.4 Å². The molecule has 0 radical (unpaired) electrons. The number of halogens is 1. The van der Waals surface area contributed by atoms with E-state index in [2.05, 4.69) is 70.5 Å². The lowest BCUT2D eigenvalue weighted by Gasteiger charge is -2.34. The smallest absolute Gasteiger partial charge is 0.167 e. The number of rotatable bonds is 10. The Morgan fingerprint density at radius 1 is 1.28 bits per heavy atom. The van der Waals surface area contributed by atoms with Crippen LogP contribution in [0.15, 0.2) is 47.4 Å². The molecule has 194 valence electrons. The van der Waals surface area contributed by atoms with E-state index in [9.17, 15) is 5.26 Å². The van der Waals surface area contributed by atoms with Crippen LogP contribution in [0.3, 0.4) is 0 Å². The normalized spacial score (nSPS) is 17.2. The van der Waals surface area contributed by atoms with Crippen molar-refractivity contribution in [3.05, 3.63) is 53.8 Å². The fourth-order valence-corrected chi connectivity index (χ4v) is 4.33. The van der Waals surface area contributed by atoms with E-state index in [-0.39, 0.29) is 11.4 Å². The lowest BCUT2D eigenvalue weighted by Crippen LogP contribution is -2.45. The van der Waals surface area contributed by atoms with Gasteiger partial charge in [0, 0.05) is 70.3 Å². The third-order valence-electron chi connectivity index (χ3n) is 6.71. The molecule has 1 saturated heterocycles. The third-order valence-corrected chi connectivity index (χ3v) is 6.71. The van der Waals surface area contributed by atoms with Gasteiger partial charge in [0.15, 0.2) is 11.6 Å². The van der Waals surface area contributed by atoms with E-state index < -0.39 is 5.82 Å². The standard InChI is InChI=1S/C27H39FN8/c1-7-30-25-23(8-10-31-25)21(4)35(11-9-20(2)3)17-14-34(6)27-24(28)18-22(19-29)26(32-27)36-15-12-33(5)13-16-36/h7-8,10,18,20H,1,9,11-17H2,2-6H3,(H,30,31)/b23-21+. The van der Waals surface area contributed by atoms with Gasteiger partial charge in [0.2, 0.25) is 0 Å². The molecule has 0 amide bonds. The molecule has 0 saturated carbocycles. The Morgan fingerprint density at radius 3 is 2.64 bits per heavy atom. The molecule has 9 heteroatoms. The minimum Gasteiger partial charge on any atom is -0.373 e. The molecular weight excluding hydrogens is 455 g/mol. The fraction of sp³-hybridized carbons (Fsp3) is 0.519. The summed E-state index contributed by atoms with van der Waals surface area (Å²) >= 11 is 0. The quantitative estimate of drug-likeness (QED) is 0.533. The average Bonchev–Trinajstić information content (AvgIpc) is 3.32. The third kappa shape index (κ3) is 6.64. The van der Waals surface area contributed by atoms with Crippen LogP contribution in [0, 0.1) is 23.1 Å². The van der Waals surface area contributed by atoms with Gasteiger partial charge >= 0.3 is 0 Å². The molecule has 1 N–H and O–H groups in total. The Morgan fingerprint density at radius 2 is 2.00 bits per heavy atom. The van der Waals surface area contributed by atoms with Gasteiger partial charge in [-0.1, -0.05) is 20.4 Å². The first kappa shape index (κ1) is 27.2. The maximum Gasteiger partial charge on any atom is 0.167 e. The van der Waals surface area contributed by atoms with Crippen LogP contribution in [0.1, 0.15) is 32.8 Å². The largest absolute Gasteiger partial charge is 0.373 e. The van der Waals surface area contributed by atoms with E-state index in [0.29, 0.717) is 24.8 Å². The van der Waals surface area contributed by atoms with Gasteiger partial charge in [-0.15, -0.1) is 0 Å². The van der Waals surface area contributed by atoms with Crippen LogP contribution in [-0.2, 0) is 0 Å². The molecular formula is C27H39FN8. The number of nitriles is 1. The molecule has 0 spiro atoms. The number of aliphatic imine (C=N–C) groups is 1. The summed E-state index contributed by atoms with van der Waals surface area (Å²) in [6.07, 6.45) is 6.45. The second-order valence-corrected chi connectivity index (χ2v) is 9.80. The van der Waals surface area contributed by atoms with E-state index in [4.69, 9.17) is 0 Å². The van der Waals surface area contributed by atoms with Gasteiger partial charge in [0.25, 0.3) is 0 Å². The van der Waals surface area contributed by atoms with Crippen LogP contribution in [0.5, 0.6) is 0 Å². The summed E-state index contributed by atoms with van der Waals surface area (Å²) < 4.78 is 15.1. The maximum absolute atomic E-state index is 15.1. The molecule has 3 rings (SSSR count). The molecule has 3 heterocycles. The summed E-state index contributed by atoms with van der Waals surface area (Å²) in [5.41, 5.74) is 2.42. The van der Waals surface area contributed by atoms with Gasteiger partial charge in [-0.05, 0) is 44.7 Å². The van der Waals surface area contributed by atoms with Gasteiger partial charge in [0.1, 0.15) is 17.7 Å². The number of allylic oxidation sites excluding steroid dienone is 1. The van der Waals surface area contributed by atoms with Crippen LogP contribution >= 0.6 is 0 Å². The zero-order valence-electron chi connectivity index (χ0n) is 22.3. The topological polar surface area (TPSA) is 74.0 Å². The van der Waals surface area contributed by atoms with E-state index in [0.717, 1.165) is 56.3 Å². The molecule has 0 atom stereocenters. The fourth-order valence-electron chi connectivity index (χ4n) is 4.33. The highest BCUT2D eigenvalue weighted by Gasteiger charge is 2.23. The number of nitrogens with zero attached hydrogens (tertiary/aromatic N) is 7. The number of piperazine rings is 1. The summed E-state index contributed by atoms with van der Waals surface area (Å²) in [5.74, 6) is 1.70. The summed E-state index contributed by atoms with van der Waals surface area (Å²) in [6.45, 7) is 15.7. The number of hydrogen-bond acceptors (Lipinski definition) is 8. The molecule has 36 heavy (non-hydrogen) atoms. The number of aromatic nitrogens is 1. The average molecular weight is 495 g/mol. The number of amidine groups is 1. The van der Waals surface area contributed by atoms with Gasteiger partial charge < -0.3 is 24.9 Å². The second-order valence-electron chi connectivity index (χ2n) is 9.80. The van der Waals surface area contributed by atoms with Crippen molar-refractivity contribution in [1.82, 2.24) is 20.1 Å². The monoisotopic (exact) mass is 494 g/mol. The van der Waals surface area contributed by atoms with Crippen LogP contribution in [-0.4, -0.2) is 80.5 Å². The molecule has 1 aromatic heterocycles. The SMILES string of the molecule is C=CNC1=NC=C/C1=C(/C)N(CCC(C)C)CCN(C)c1nc(N2CCN(C)CC2)c(C#N)cc1F. The van der Waals surface area contributed by atoms with E-state index in [1.807, 2.05) is 18.0 Å². The Bertz CT molecular complexity index is 1060. The molecule has 8 nitrogen and oxygen atoms in total. The predicted molar refractivity (Wildman–Crippen MR) is 146 cm³/mol. The maximum atomic E-state index is 15.1. The predicted octanol–water partition coefficient (Wildman–Crippen LogP) is 3.56. The molecule has 0 aromatic carbocycles. The lowest BCUT2D eigenvalue weighted by atomic mass is 10.1. The van der Waals surface area contributed by atoms with Crippen LogP contribution < -0.4 is 15.1 Å². The number of likely N-dealkylation sites (N-methyl/N-ethyl adjacent to an activating group) is 2. The second kappa shape index (κ2) is 12.5. The van der Waals surface area contributed by atoms with E-state index >= 15 is 4.39 Å².